The lowest BCUT2D eigenvalue weighted by atomic mass is 10.2. The van der Waals surface area contributed by atoms with Crippen LogP contribution in [0.2, 0.25) is 5.02 Å². The number of unbranched alkanes of at least 4 members (excludes halogenated alkanes) is 1. The van der Waals surface area contributed by atoms with E-state index in [0.717, 1.165) is 18.9 Å². The Morgan fingerprint density at radius 1 is 1.09 bits per heavy atom. The van der Waals surface area contributed by atoms with E-state index < -0.39 is 0 Å². The number of nitrogens with one attached hydrogen (secondary N) is 3. The molecule has 1 rings (SSSR count). The van der Waals surface area contributed by atoms with Gasteiger partial charge in [-0.2, -0.15) is 11.8 Å². The van der Waals surface area contributed by atoms with Crippen molar-refractivity contribution >= 4 is 35.2 Å². The molecule has 23 heavy (non-hydrogen) atoms. The smallest absolute Gasteiger partial charge is 0.251 e. The summed E-state index contributed by atoms with van der Waals surface area (Å²) >= 11 is 7.66. The molecule has 0 heterocycles. The Kier molecular flexibility index (Phi) is 10.3. The molecule has 0 bridgehead atoms. The van der Waals surface area contributed by atoms with Crippen molar-refractivity contribution in [3.05, 3.63) is 34.9 Å². The number of hydrogen-bond donors (Lipinski definition) is 3. The number of carbonyl (C=O) groups is 1. The van der Waals surface area contributed by atoms with E-state index in [-0.39, 0.29) is 5.91 Å². The minimum atomic E-state index is -0.108. The summed E-state index contributed by atoms with van der Waals surface area (Å²) in [5.74, 6) is 1.84. The fourth-order valence-corrected chi connectivity index (χ4v) is 2.48. The Morgan fingerprint density at radius 3 is 2.39 bits per heavy atom. The number of guanidine groups is 1. The lowest BCUT2D eigenvalue weighted by Gasteiger charge is -2.12. The van der Waals surface area contributed by atoms with E-state index in [1.807, 2.05) is 11.8 Å². The molecule has 7 heteroatoms. The molecule has 0 spiro atoms. The second-order valence-corrected chi connectivity index (χ2v) is 6.31. The molecule has 128 valence electrons. The largest absolute Gasteiger partial charge is 0.356 e. The highest BCUT2D eigenvalue weighted by atomic mass is 35.5. The average Bonchev–Trinajstić information content (AvgIpc) is 2.57. The molecule has 1 aromatic rings. The van der Waals surface area contributed by atoms with Crippen LogP contribution in [0.5, 0.6) is 0 Å². The lowest BCUT2D eigenvalue weighted by molar-refractivity contribution is 0.0954. The molecule has 0 fully saturated rings. The first-order chi connectivity index (χ1) is 11.2. The number of carbonyl (C=O) groups excluding carboxylic acids is 1. The highest BCUT2D eigenvalue weighted by Crippen LogP contribution is 2.09. The van der Waals surface area contributed by atoms with Crippen LogP contribution < -0.4 is 16.0 Å². The normalized spacial score (nSPS) is 11.2. The number of aliphatic imine (C=N–C) groups is 1. The molecule has 0 saturated heterocycles. The van der Waals surface area contributed by atoms with Crippen LogP contribution in [-0.2, 0) is 0 Å². The van der Waals surface area contributed by atoms with E-state index >= 15 is 0 Å². The quantitative estimate of drug-likeness (QED) is 0.361. The van der Waals surface area contributed by atoms with E-state index in [2.05, 4.69) is 27.2 Å². The maximum absolute atomic E-state index is 11.9. The second kappa shape index (κ2) is 12.1. The zero-order valence-corrected chi connectivity index (χ0v) is 15.3. The van der Waals surface area contributed by atoms with Gasteiger partial charge < -0.3 is 16.0 Å². The monoisotopic (exact) mass is 356 g/mol. The Labute approximate surface area is 147 Å². The van der Waals surface area contributed by atoms with Gasteiger partial charge in [-0.15, -0.1) is 0 Å². The number of amides is 1. The third-order valence-corrected chi connectivity index (χ3v) is 4.05. The number of benzene rings is 1. The summed E-state index contributed by atoms with van der Waals surface area (Å²) in [4.78, 5) is 16.1. The molecule has 0 saturated carbocycles. The van der Waals surface area contributed by atoms with Crippen LogP contribution in [0.25, 0.3) is 0 Å². The summed E-state index contributed by atoms with van der Waals surface area (Å²) in [5, 5.41) is 9.90. The van der Waals surface area contributed by atoms with Gasteiger partial charge in [0, 0.05) is 37.3 Å². The van der Waals surface area contributed by atoms with Crippen molar-refractivity contribution in [2.45, 2.75) is 12.8 Å². The summed E-state index contributed by atoms with van der Waals surface area (Å²) < 4.78 is 0. The molecule has 0 atom stereocenters. The Morgan fingerprint density at radius 2 is 1.74 bits per heavy atom. The van der Waals surface area contributed by atoms with E-state index in [4.69, 9.17) is 11.6 Å². The average molecular weight is 357 g/mol. The van der Waals surface area contributed by atoms with Gasteiger partial charge >= 0.3 is 0 Å². The van der Waals surface area contributed by atoms with E-state index in [0.29, 0.717) is 23.7 Å². The molecule has 5 nitrogen and oxygen atoms in total. The Balaban J connectivity index is 2.17. The minimum absolute atomic E-state index is 0.108. The van der Waals surface area contributed by atoms with Gasteiger partial charge in [0.05, 0.1) is 0 Å². The Bertz CT molecular complexity index is 493. The van der Waals surface area contributed by atoms with Crippen molar-refractivity contribution in [3.8, 4) is 0 Å². The third kappa shape index (κ3) is 8.71. The zero-order valence-electron chi connectivity index (χ0n) is 13.7. The standard InChI is InChI=1S/C16H25ClN4OS/c1-18-16(20-9-3-4-12-23-2)21-11-10-19-15(22)13-5-7-14(17)8-6-13/h5-8H,3-4,9-12H2,1-2H3,(H,19,22)(H2,18,20,21). The molecule has 1 aromatic carbocycles. The van der Waals surface area contributed by atoms with Gasteiger partial charge in [0.15, 0.2) is 5.96 Å². The van der Waals surface area contributed by atoms with Crippen molar-refractivity contribution in [2.24, 2.45) is 4.99 Å². The van der Waals surface area contributed by atoms with Gasteiger partial charge in [0.1, 0.15) is 0 Å². The first kappa shape index (κ1) is 19.6. The predicted molar refractivity (Wildman–Crippen MR) is 101 cm³/mol. The molecular formula is C16H25ClN4OS. The highest BCUT2D eigenvalue weighted by Gasteiger charge is 2.04. The van der Waals surface area contributed by atoms with Gasteiger partial charge in [0.2, 0.25) is 0 Å². The second-order valence-electron chi connectivity index (χ2n) is 4.89. The maximum atomic E-state index is 11.9. The van der Waals surface area contributed by atoms with Crippen LogP contribution in [0.4, 0.5) is 0 Å². The van der Waals surface area contributed by atoms with Crippen molar-refractivity contribution in [1.82, 2.24) is 16.0 Å². The minimum Gasteiger partial charge on any atom is -0.356 e. The fourth-order valence-electron chi connectivity index (χ4n) is 1.86. The Hall–Kier alpha value is -1.40. The molecular weight excluding hydrogens is 332 g/mol. The topological polar surface area (TPSA) is 65.5 Å². The number of nitrogens with zero attached hydrogens (tertiary/aromatic N) is 1. The van der Waals surface area contributed by atoms with E-state index in [9.17, 15) is 4.79 Å². The summed E-state index contributed by atoms with van der Waals surface area (Å²) in [6.07, 6.45) is 4.43. The maximum Gasteiger partial charge on any atom is 0.251 e. The predicted octanol–water partition coefficient (Wildman–Crippen LogP) is 2.38. The van der Waals surface area contributed by atoms with Crippen LogP contribution in [-0.4, -0.2) is 50.6 Å². The summed E-state index contributed by atoms with van der Waals surface area (Å²) in [6, 6.07) is 6.83. The first-order valence-corrected chi connectivity index (χ1v) is 9.41. The van der Waals surface area contributed by atoms with Crippen LogP contribution in [0.1, 0.15) is 23.2 Å². The molecule has 0 radical (unpaired) electrons. The fraction of sp³-hybridized carbons (Fsp3) is 0.500. The summed E-state index contributed by atoms with van der Waals surface area (Å²) in [6.45, 7) is 2.04. The summed E-state index contributed by atoms with van der Waals surface area (Å²) in [7, 11) is 1.74. The van der Waals surface area contributed by atoms with Gasteiger partial charge in [0.25, 0.3) is 5.91 Å². The number of rotatable bonds is 9. The number of hydrogen-bond acceptors (Lipinski definition) is 3. The number of thioether (sulfide) groups is 1. The van der Waals surface area contributed by atoms with Crippen LogP contribution >= 0.6 is 23.4 Å². The first-order valence-electron chi connectivity index (χ1n) is 7.64. The molecule has 0 unspecified atom stereocenters. The van der Waals surface area contributed by atoms with Gasteiger partial charge in [-0.3, -0.25) is 9.79 Å². The van der Waals surface area contributed by atoms with Gasteiger partial charge in [-0.1, -0.05) is 11.6 Å². The zero-order chi connectivity index (χ0) is 16.9. The van der Waals surface area contributed by atoms with Crippen molar-refractivity contribution < 1.29 is 4.79 Å². The molecule has 1 amide bonds. The van der Waals surface area contributed by atoms with Gasteiger partial charge in [-0.05, 0) is 49.1 Å². The SMILES string of the molecule is CN=C(NCCCCSC)NCCNC(=O)c1ccc(Cl)cc1. The molecule has 0 aromatic heterocycles. The summed E-state index contributed by atoms with van der Waals surface area (Å²) in [5.41, 5.74) is 0.603. The molecule has 0 aliphatic rings. The van der Waals surface area contributed by atoms with Crippen LogP contribution in [0, 0.1) is 0 Å². The van der Waals surface area contributed by atoms with Crippen LogP contribution in [0.15, 0.2) is 29.3 Å². The third-order valence-electron chi connectivity index (χ3n) is 3.10. The lowest BCUT2D eigenvalue weighted by Crippen LogP contribution is -2.41. The van der Waals surface area contributed by atoms with Crippen molar-refractivity contribution in [2.75, 3.05) is 38.7 Å². The highest BCUT2D eigenvalue weighted by molar-refractivity contribution is 7.98. The number of halogens is 1. The van der Waals surface area contributed by atoms with E-state index in [1.54, 1.807) is 31.3 Å². The molecule has 0 aliphatic heterocycles. The van der Waals surface area contributed by atoms with Gasteiger partial charge in [-0.25, -0.2) is 0 Å². The van der Waals surface area contributed by atoms with Crippen molar-refractivity contribution in [3.63, 3.8) is 0 Å². The van der Waals surface area contributed by atoms with Crippen molar-refractivity contribution in [1.29, 1.82) is 0 Å². The molecule has 0 aliphatic carbocycles. The van der Waals surface area contributed by atoms with Crippen LogP contribution in [0.3, 0.4) is 0 Å². The molecule has 3 N–H and O–H groups in total. The van der Waals surface area contributed by atoms with E-state index in [1.165, 1.54) is 12.2 Å².